The molecule has 0 radical (unpaired) electrons. The first-order valence-corrected chi connectivity index (χ1v) is 10.0. The van der Waals surface area contributed by atoms with Crippen molar-refractivity contribution in [1.29, 1.82) is 0 Å². The summed E-state index contributed by atoms with van der Waals surface area (Å²) in [6, 6.07) is 9.98. The monoisotopic (exact) mass is 400 g/mol. The van der Waals surface area contributed by atoms with E-state index in [9.17, 15) is 0 Å². The van der Waals surface area contributed by atoms with Crippen LogP contribution in [0.15, 0.2) is 41.5 Å². The highest BCUT2D eigenvalue weighted by Crippen LogP contribution is 2.28. The molecular weight excluding hydrogens is 368 g/mol. The lowest BCUT2D eigenvalue weighted by Crippen LogP contribution is -2.37. The normalized spacial score (nSPS) is 11.1. The molecule has 0 spiro atoms. The minimum atomic E-state index is 0.591. The van der Waals surface area contributed by atoms with Gasteiger partial charge >= 0.3 is 0 Å². The Kier molecular flexibility index (Phi) is 9.62. The molecule has 0 saturated heterocycles. The Labute approximate surface area is 173 Å². The maximum Gasteiger partial charge on any atom is 0.218 e. The lowest BCUT2D eigenvalue weighted by atomic mass is 10.1. The van der Waals surface area contributed by atoms with E-state index in [2.05, 4.69) is 26.7 Å². The van der Waals surface area contributed by atoms with E-state index in [-0.39, 0.29) is 0 Å². The van der Waals surface area contributed by atoms with E-state index in [1.165, 1.54) is 5.56 Å². The van der Waals surface area contributed by atoms with Gasteiger partial charge in [0, 0.05) is 31.9 Å². The van der Waals surface area contributed by atoms with E-state index in [0.717, 1.165) is 42.4 Å². The van der Waals surface area contributed by atoms with Crippen LogP contribution in [-0.4, -0.2) is 44.9 Å². The Bertz CT molecular complexity index is 780. The zero-order valence-electron chi connectivity index (χ0n) is 17.8. The number of aryl methyl sites for hydroxylation is 1. The minimum absolute atomic E-state index is 0.591. The number of nitrogens with one attached hydrogen (secondary N) is 2. The standard InChI is InChI=1S/C22H32N4O3/c1-5-28-20-15-17(11-12-19(20)27-4)9-7-14-25-22(23-3)26-16-18-10-8-13-24-21(18)29-6-2/h8,10-13,15H,5-7,9,14,16H2,1-4H3,(H2,23,25,26). The number of aliphatic imine (C=N–C) groups is 1. The Hall–Kier alpha value is -2.96. The number of guanidine groups is 1. The topological polar surface area (TPSA) is 77.0 Å². The second kappa shape index (κ2) is 12.5. The number of nitrogens with zero attached hydrogens (tertiary/aromatic N) is 2. The molecule has 158 valence electrons. The van der Waals surface area contributed by atoms with E-state index >= 15 is 0 Å². The lowest BCUT2D eigenvalue weighted by molar-refractivity contribution is 0.310. The van der Waals surface area contributed by atoms with Gasteiger partial charge in [-0.15, -0.1) is 0 Å². The number of aromatic nitrogens is 1. The van der Waals surface area contributed by atoms with Gasteiger partial charge in [0.15, 0.2) is 17.5 Å². The molecule has 1 aromatic carbocycles. The average Bonchev–Trinajstić information content (AvgIpc) is 2.75. The highest BCUT2D eigenvalue weighted by Gasteiger charge is 2.07. The SMILES string of the molecule is CCOc1cc(CCCNC(=NC)NCc2cccnc2OCC)ccc1OC. The highest BCUT2D eigenvalue weighted by atomic mass is 16.5. The van der Waals surface area contributed by atoms with Crippen molar-refractivity contribution in [2.75, 3.05) is 33.9 Å². The van der Waals surface area contributed by atoms with Crippen LogP contribution in [0.5, 0.6) is 17.4 Å². The lowest BCUT2D eigenvalue weighted by Gasteiger charge is -2.14. The zero-order valence-corrected chi connectivity index (χ0v) is 17.8. The van der Waals surface area contributed by atoms with Gasteiger partial charge in [-0.2, -0.15) is 0 Å². The molecule has 0 amide bonds. The third kappa shape index (κ3) is 7.18. The fourth-order valence-electron chi connectivity index (χ4n) is 2.87. The van der Waals surface area contributed by atoms with Crippen LogP contribution in [0.2, 0.25) is 0 Å². The molecule has 1 aromatic heterocycles. The first-order chi connectivity index (χ1) is 14.2. The van der Waals surface area contributed by atoms with Crippen LogP contribution in [0.4, 0.5) is 0 Å². The van der Waals surface area contributed by atoms with Gasteiger partial charge in [0.05, 0.1) is 20.3 Å². The summed E-state index contributed by atoms with van der Waals surface area (Å²) in [5.74, 6) is 2.96. The largest absolute Gasteiger partial charge is 0.493 e. The number of ether oxygens (including phenoxy) is 3. The molecule has 0 saturated carbocycles. The van der Waals surface area contributed by atoms with Gasteiger partial charge in [0.2, 0.25) is 5.88 Å². The second-order valence-corrected chi connectivity index (χ2v) is 6.28. The molecule has 7 heteroatoms. The number of hydrogen-bond acceptors (Lipinski definition) is 5. The van der Waals surface area contributed by atoms with Gasteiger partial charge in [0.1, 0.15) is 0 Å². The van der Waals surface area contributed by atoms with Crippen LogP contribution in [-0.2, 0) is 13.0 Å². The van der Waals surface area contributed by atoms with Gasteiger partial charge in [0.25, 0.3) is 0 Å². The van der Waals surface area contributed by atoms with Crippen molar-refractivity contribution in [3.05, 3.63) is 47.7 Å². The molecule has 0 bridgehead atoms. The molecule has 0 atom stereocenters. The second-order valence-electron chi connectivity index (χ2n) is 6.28. The van der Waals surface area contributed by atoms with E-state index < -0.39 is 0 Å². The van der Waals surface area contributed by atoms with Gasteiger partial charge in [-0.05, 0) is 50.5 Å². The predicted molar refractivity (Wildman–Crippen MR) is 116 cm³/mol. The summed E-state index contributed by atoms with van der Waals surface area (Å²) >= 11 is 0. The van der Waals surface area contributed by atoms with Crippen molar-refractivity contribution in [3.63, 3.8) is 0 Å². The minimum Gasteiger partial charge on any atom is -0.493 e. The summed E-state index contributed by atoms with van der Waals surface area (Å²) in [5, 5.41) is 6.65. The van der Waals surface area contributed by atoms with E-state index in [1.807, 2.05) is 38.1 Å². The van der Waals surface area contributed by atoms with E-state index in [4.69, 9.17) is 14.2 Å². The van der Waals surface area contributed by atoms with Crippen LogP contribution >= 0.6 is 0 Å². The van der Waals surface area contributed by atoms with Crippen LogP contribution in [0.1, 0.15) is 31.4 Å². The average molecular weight is 401 g/mol. The van der Waals surface area contributed by atoms with Gasteiger partial charge in [-0.3, -0.25) is 4.99 Å². The van der Waals surface area contributed by atoms with Crippen LogP contribution < -0.4 is 24.8 Å². The van der Waals surface area contributed by atoms with Crippen molar-refractivity contribution in [3.8, 4) is 17.4 Å². The maximum atomic E-state index is 5.65. The molecular formula is C22H32N4O3. The zero-order chi connectivity index (χ0) is 20.9. The number of hydrogen-bond donors (Lipinski definition) is 2. The Morgan fingerprint density at radius 3 is 2.62 bits per heavy atom. The van der Waals surface area contributed by atoms with Crippen molar-refractivity contribution in [2.45, 2.75) is 33.2 Å². The Morgan fingerprint density at radius 2 is 1.90 bits per heavy atom. The van der Waals surface area contributed by atoms with Gasteiger partial charge < -0.3 is 24.8 Å². The number of methoxy groups -OCH3 is 1. The molecule has 0 unspecified atom stereocenters. The van der Waals surface area contributed by atoms with Crippen molar-refractivity contribution in [2.24, 2.45) is 4.99 Å². The maximum absolute atomic E-state index is 5.65. The molecule has 2 N–H and O–H groups in total. The first-order valence-electron chi connectivity index (χ1n) is 10.0. The van der Waals surface area contributed by atoms with Crippen molar-refractivity contribution >= 4 is 5.96 Å². The summed E-state index contributed by atoms with van der Waals surface area (Å²) in [4.78, 5) is 8.55. The van der Waals surface area contributed by atoms with Crippen molar-refractivity contribution < 1.29 is 14.2 Å². The fourth-order valence-corrected chi connectivity index (χ4v) is 2.87. The molecule has 7 nitrogen and oxygen atoms in total. The third-order valence-corrected chi connectivity index (χ3v) is 4.26. The molecule has 0 fully saturated rings. The smallest absolute Gasteiger partial charge is 0.218 e. The molecule has 0 aliphatic rings. The summed E-state index contributed by atoms with van der Waals surface area (Å²) in [6.45, 7) is 6.53. The molecule has 2 aromatic rings. The number of benzene rings is 1. The number of rotatable bonds is 11. The molecule has 29 heavy (non-hydrogen) atoms. The van der Waals surface area contributed by atoms with Crippen LogP contribution in [0.3, 0.4) is 0 Å². The fraction of sp³-hybridized carbons (Fsp3) is 0.455. The predicted octanol–water partition coefficient (Wildman–Crippen LogP) is 3.19. The van der Waals surface area contributed by atoms with Gasteiger partial charge in [-0.25, -0.2) is 4.98 Å². The van der Waals surface area contributed by atoms with Crippen molar-refractivity contribution in [1.82, 2.24) is 15.6 Å². The summed E-state index contributed by atoms with van der Waals surface area (Å²) in [5.41, 5.74) is 2.22. The summed E-state index contributed by atoms with van der Waals surface area (Å²) in [7, 11) is 3.42. The highest BCUT2D eigenvalue weighted by molar-refractivity contribution is 5.79. The van der Waals surface area contributed by atoms with Crippen LogP contribution in [0, 0.1) is 0 Å². The van der Waals surface area contributed by atoms with Gasteiger partial charge in [-0.1, -0.05) is 12.1 Å². The third-order valence-electron chi connectivity index (χ3n) is 4.26. The first kappa shape index (κ1) is 22.3. The molecule has 0 aliphatic heterocycles. The summed E-state index contributed by atoms with van der Waals surface area (Å²) < 4.78 is 16.5. The Morgan fingerprint density at radius 1 is 1.07 bits per heavy atom. The van der Waals surface area contributed by atoms with E-state index in [0.29, 0.717) is 25.6 Å². The molecule has 2 rings (SSSR count). The van der Waals surface area contributed by atoms with E-state index in [1.54, 1.807) is 20.4 Å². The quantitative estimate of drug-likeness (QED) is 0.343. The Balaban J connectivity index is 1.80. The molecule has 1 heterocycles. The van der Waals surface area contributed by atoms with Crippen LogP contribution in [0.25, 0.3) is 0 Å². The molecule has 0 aliphatic carbocycles. The number of pyridine rings is 1. The summed E-state index contributed by atoms with van der Waals surface area (Å²) in [6.07, 6.45) is 3.64.